The molecule has 31 heavy (non-hydrogen) atoms. The van der Waals surface area contributed by atoms with Crippen LogP contribution in [0.3, 0.4) is 0 Å². The predicted molar refractivity (Wildman–Crippen MR) is 115 cm³/mol. The van der Waals surface area contributed by atoms with Gasteiger partial charge in [0.05, 0.1) is 26.5 Å². The third-order valence-corrected chi connectivity index (χ3v) is 7.28. The number of hydrogen-bond acceptors (Lipinski definition) is 6. The van der Waals surface area contributed by atoms with Crippen LogP contribution in [0.2, 0.25) is 0 Å². The number of amides is 1. The van der Waals surface area contributed by atoms with E-state index in [1.165, 1.54) is 7.05 Å². The molecule has 0 saturated carbocycles. The standard InChI is InChI=1S/C20H29N5O5S/c1-13-15(12-22-24(13)2)16-11-17(25(3)31(27,28)23-16)20(26)21-9-8-14-6-7-18(29-4)19(10-14)30-5/h6-7,10,12,16-17,23H,8-9,11H2,1-5H3,(H,21,26)/t16-,17-/m1/s1. The van der Waals surface area contributed by atoms with E-state index in [2.05, 4.69) is 15.1 Å². The lowest BCUT2D eigenvalue weighted by atomic mass is 10.00. The summed E-state index contributed by atoms with van der Waals surface area (Å²) < 4.78 is 41.2. The summed E-state index contributed by atoms with van der Waals surface area (Å²) in [6.45, 7) is 2.23. The molecule has 3 rings (SSSR count). The Bertz CT molecular complexity index is 1050. The maximum Gasteiger partial charge on any atom is 0.280 e. The van der Waals surface area contributed by atoms with Gasteiger partial charge in [-0.3, -0.25) is 9.48 Å². The molecular weight excluding hydrogens is 422 g/mol. The Hall–Kier alpha value is -2.63. The van der Waals surface area contributed by atoms with E-state index >= 15 is 0 Å². The van der Waals surface area contributed by atoms with Gasteiger partial charge in [-0.1, -0.05) is 6.07 Å². The van der Waals surface area contributed by atoms with Crippen molar-refractivity contribution in [3.05, 3.63) is 41.2 Å². The Kier molecular flexibility index (Phi) is 6.87. The molecule has 0 unspecified atom stereocenters. The average Bonchev–Trinajstić information content (AvgIpc) is 3.08. The fourth-order valence-corrected chi connectivity index (χ4v) is 4.92. The number of likely N-dealkylation sites (N-methyl/N-ethyl adjacent to an activating group) is 1. The predicted octanol–water partition coefficient (Wildman–Crippen LogP) is 0.684. The van der Waals surface area contributed by atoms with Gasteiger partial charge in [0, 0.05) is 31.9 Å². The van der Waals surface area contributed by atoms with Crippen LogP contribution in [-0.4, -0.2) is 62.3 Å². The maximum atomic E-state index is 12.9. The van der Waals surface area contributed by atoms with Crippen LogP contribution in [0.15, 0.2) is 24.4 Å². The van der Waals surface area contributed by atoms with E-state index in [4.69, 9.17) is 9.47 Å². The average molecular weight is 452 g/mol. The van der Waals surface area contributed by atoms with E-state index < -0.39 is 22.3 Å². The van der Waals surface area contributed by atoms with Crippen LogP contribution in [0.25, 0.3) is 0 Å². The van der Waals surface area contributed by atoms with Gasteiger partial charge in [0.15, 0.2) is 11.5 Å². The summed E-state index contributed by atoms with van der Waals surface area (Å²) in [6.07, 6.45) is 2.52. The third-order valence-electron chi connectivity index (χ3n) is 5.68. The molecule has 1 aliphatic heterocycles. The smallest absolute Gasteiger partial charge is 0.280 e. The number of ether oxygens (including phenoxy) is 2. The highest BCUT2D eigenvalue weighted by atomic mass is 32.2. The van der Waals surface area contributed by atoms with E-state index in [0.717, 1.165) is 21.1 Å². The molecule has 0 aliphatic carbocycles. The topological polar surface area (TPSA) is 115 Å². The molecule has 1 aromatic carbocycles. The zero-order chi connectivity index (χ0) is 22.8. The van der Waals surface area contributed by atoms with Crippen LogP contribution in [0.1, 0.15) is 29.3 Å². The molecule has 0 radical (unpaired) electrons. The second kappa shape index (κ2) is 9.25. The fraction of sp³-hybridized carbons (Fsp3) is 0.500. The Labute approximate surface area is 182 Å². The number of benzene rings is 1. The number of carbonyl (C=O) groups is 1. The van der Waals surface area contributed by atoms with E-state index in [0.29, 0.717) is 30.9 Å². The first-order chi connectivity index (χ1) is 14.7. The van der Waals surface area contributed by atoms with E-state index in [-0.39, 0.29) is 5.91 Å². The van der Waals surface area contributed by atoms with Gasteiger partial charge >= 0.3 is 0 Å². The SMILES string of the molecule is COc1ccc(CCNC(=O)[C@H]2C[C@H](c3cnn(C)c3C)NS(=O)(=O)N2C)cc1OC. The molecule has 1 saturated heterocycles. The third kappa shape index (κ3) is 4.83. The first-order valence-corrected chi connectivity index (χ1v) is 11.3. The minimum Gasteiger partial charge on any atom is -0.493 e. The Morgan fingerprint density at radius 1 is 1.26 bits per heavy atom. The summed E-state index contributed by atoms with van der Waals surface area (Å²) in [4.78, 5) is 12.9. The van der Waals surface area contributed by atoms with Crippen LogP contribution in [0, 0.1) is 6.92 Å². The van der Waals surface area contributed by atoms with Gasteiger partial charge in [0.1, 0.15) is 6.04 Å². The number of hydrogen-bond donors (Lipinski definition) is 2. The molecular formula is C20H29N5O5S. The number of aromatic nitrogens is 2. The molecule has 2 N–H and O–H groups in total. The van der Waals surface area contributed by atoms with Crippen molar-refractivity contribution in [3.63, 3.8) is 0 Å². The van der Waals surface area contributed by atoms with Crippen LogP contribution >= 0.6 is 0 Å². The number of nitrogens with one attached hydrogen (secondary N) is 2. The van der Waals surface area contributed by atoms with Crippen molar-refractivity contribution in [1.29, 1.82) is 0 Å². The van der Waals surface area contributed by atoms with Crippen molar-refractivity contribution in [3.8, 4) is 11.5 Å². The maximum absolute atomic E-state index is 12.9. The normalized spacial score (nSPS) is 20.9. The van der Waals surface area contributed by atoms with E-state index in [1.807, 2.05) is 25.1 Å². The van der Waals surface area contributed by atoms with Gasteiger partial charge in [0.2, 0.25) is 5.91 Å². The Balaban J connectivity index is 1.67. The zero-order valence-electron chi connectivity index (χ0n) is 18.4. The van der Waals surface area contributed by atoms with Gasteiger partial charge in [-0.15, -0.1) is 0 Å². The van der Waals surface area contributed by atoms with Crippen molar-refractivity contribution in [2.75, 3.05) is 27.8 Å². The Morgan fingerprint density at radius 3 is 2.58 bits per heavy atom. The molecule has 11 heteroatoms. The van der Waals surface area contributed by atoms with Crippen molar-refractivity contribution in [1.82, 2.24) is 24.1 Å². The molecule has 0 spiro atoms. The van der Waals surface area contributed by atoms with Crippen LogP contribution in [-0.2, 0) is 28.5 Å². The zero-order valence-corrected chi connectivity index (χ0v) is 19.2. The fourth-order valence-electron chi connectivity index (χ4n) is 3.65. The van der Waals surface area contributed by atoms with Gasteiger partial charge in [0.25, 0.3) is 10.2 Å². The second-order valence-corrected chi connectivity index (χ2v) is 9.24. The van der Waals surface area contributed by atoms with Gasteiger partial charge in [-0.2, -0.15) is 22.5 Å². The first-order valence-electron chi connectivity index (χ1n) is 9.90. The molecule has 1 amide bonds. The molecule has 2 heterocycles. The summed E-state index contributed by atoms with van der Waals surface area (Å²) in [6, 6.07) is 4.23. The molecule has 2 atom stereocenters. The summed E-state index contributed by atoms with van der Waals surface area (Å²) in [7, 11) is 2.54. The molecule has 0 bridgehead atoms. The molecule has 170 valence electrons. The number of carbonyl (C=O) groups excluding carboxylic acids is 1. The second-order valence-electron chi connectivity index (χ2n) is 7.48. The lowest BCUT2D eigenvalue weighted by Gasteiger charge is -2.36. The van der Waals surface area contributed by atoms with Gasteiger partial charge < -0.3 is 14.8 Å². The Morgan fingerprint density at radius 2 is 1.97 bits per heavy atom. The highest BCUT2D eigenvalue weighted by Gasteiger charge is 2.41. The minimum absolute atomic E-state index is 0.310. The number of aryl methyl sites for hydroxylation is 1. The largest absolute Gasteiger partial charge is 0.493 e. The molecule has 1 fully saturated rings. The highest BCUT2D eigenvalue weighted by Crippen LogP contribution is 2.30. The number of rotatable bonds is 7. The monoisotopic (exact) mass is 451 g/mol. The summed E-state index contributed by atoms with van der Waals surface area (Å²) in [5.74, 6) is 0.915. The molecule has 1 aromatic heterocycles. The van der Waals surface area contributed by atoms with Crippen molar-refractivity contribution < 1.29 is 22.7 Å². The van der Waals surface area contributed by atoms with Gasteiger partial charge in [-0.05, 0) is 37.5 Å². The number of nitrogens with zero attached hydrogens (tertiary/aromatic N) is 3. The lowest BCUT2D eigenvalue weighted by molar-refractivity contribution is -0.125. The quantitative estimate of drug-likeness (QED) is 0.640. The van der Waals surface area contributed by atoms with Crippen molar-refractivity contribution in [2.45, 2.75) is 31.8 Å². The number of methoxy groups -OCH3 is 2. The molecule has 10 nitrogen and oxygen atoms in total. The van der Waals surface area contributed by atoms with Crippen LogP contribution in [0.4, 0.5) is 0 Å². The van der Waals surface area contributed by atoms with Crippen LogP contribution in [0.5, 0.6) is 11.5 Å². The van der Waals surface area contributed by atoms with Crippen molar-refractivity contribution >= 4 is 16.1 Å². The first kappa shape index (κ1) is 23.0. The molecule has 2 aromatic rings. The van der Waals surface area contributed by atoms with E-state index in [9.17, 15) is 13.2 Å². The van der Waals surface area contributed by atoms with Crippen molar-refractivity contribution in [2.24, 2.45) is 7.05 Å². The van der Waals surface area contributed by atoms with Gasteiger partial charge in [-0.25, -0.2) is 0 Å². The van der Waals surface area contributed by atoms with Crippen LogP contribution < -0.4 is 19.5 Å². The highest BCUT2D eigenvalue weighted by molar-refractivity contribution is 7.87. The van der Waals surface area contributed by atoms with E-state index in [1.54, 1.807) is 32.1 Å². The summed E-state index contributed by atoms with van der Waals surface area (Å²) >= 11 is 0. The summed E-state index contributed by atoms with van der Waals surface area (Å²) in [5, 5.41) is 7.05. The minimum atomic E-state index is -3.80. The molecule has 1 aliphatic rings. The lowest BCUT2D eigenvalue weighted by Crippen LogP contribution is -2.57. The summed E-state index contributed by atoms with van der Waals surface area (Å²) in [5.41, 5.74) is 2.58.